The van der Waals surface area contributed by atoms with Gasteiger partial charge in [0.15, 0.2) is 17.5 Å². The molecule has 1 unspecified atom stereocenters. The highest BCUT2D eigenvalue weighted by molar-refractivity contribution is 6.17. The number of rotatable bonds is 5. The fourth-order valence-electron chi connectivity index (χ4n) is 2.12. The number of Topliss-reactive ketones (excluding diaryl/α,β-unsaturated/α-hetero) is 2. The Hall–Kier alpha value is -3.27. The van der Waals surface area contributed by atoms with Gasteiger partial charge in [0.05, 0.1) is 18.0 Å². The first kappa shape index (κ1) is 17.1. The number of ketones is 2. The number of benzene rings is 1. The highest BCUT2D eigenvalue weighted by Crippen LogP contribution is 2.22. The third kappa shape index (κ3) is 3.38. The molecule has 1 amide bonds. The van der Waals surface area contributed by atoms with Crippen molar-refractivity contribution >= 4 is 23.2 Å². The molecule has 0 spiro atoms. The van der Waals surface area contributed by atoms with Crippen molar-refractivity contribution in [3.8, 4) is 6.07 Å². The Morgan fingerprint density at radius 3 is 2.50 bits per heavy atom. The smallest absolute Gasteiger partial charge is 0.223 e. The summed E-state index contributed by atoms with van der Waals surface area (Å²) >= 11 is 0. The Morgan fingerprint density at radius 1 is 1.25 bits per heavy atom. The van der Waals surface area contributed by atoms with Crippen LogP contribution in [0.25, 0.3) is 0 Å². The lowest BCUT2D eigenvalue weighted by Crippen LogP contribution is -2.23. The van der Waals surface area contributed by atoms with Crippen LogP contribution in [0.2, 0.25) is 0 Å². The van der Waals surface area contributed by atoms with E-state index in [-0.39, 0.29) is 17.0 Å². The quantitative estimate of drug-likeness (QED) is 0.672. The summed E-state index contributed by atoms with van der Waals surface area (Å²) in [4.78, 5) is 35.8. The lowest BCUT2D eigenvalue weighted by atomic mass is 9.92. The standard InChI is InChI=1S/C17H13FN2O4/c1-9-5-6-24-17(9)16(23)12(8-19)15(22)11-3-4-13(18)14(7-11)20-10(2)21/h3-7,12H,1-2H3,(H,20,21). The topological polar surface area (TPSA) is 100 Å². The van der Waals surface area contributed by atoms with E-state index in [2.05, 4.69) is 5.32 Å². The molecule has 6 nitrogen and oxygen atoms in total. The highest BCUT2D eigenvalue weighted by Gasteiger charge is 2.31. The maximum atomic E-state index is 13.6. The normalized spacial score (nSPS) is 11.4. The van der Waals surface area contributed by atoms with Gasteiger partial charge in [-0.05, 0) is 36.8 Å². The molecule has 1 aromatic carbocycles. The molecule has 1 heterocycles. The minimum atomic E-state index is -1.62. The van der Waals surface area contributed by atoms with Crippen molar-refractivity contribution in [1.82, 2.24) is 0 Å². The number of hydrogen-bond donors (Lipinski definition) is 1. The number of amides is 1. The summed E-state index contributed by atoms with van der Waals surface area (Å²) in [5.41, 5.74) is 0.238. The lowest BCUT2D eigenvalue weighted by Gasteiger charge is -2.09. The SMILES string of the molecule is CC(=O)Nc1cc(C(=O)C(C#N)C(=O)c2occc2C)ccc1F. The molecule has 1 aromatic heterocycles. The third-order valence-corrected chi connectivity index (χ3v) is 3.30. The van der Waals surface area contributed by atoms with Crippen LogP contribution < -0.4 is 5.32 Å². The van der Waals surface area contributed by atoms with E-state index in [0.29, 0.717) is 5.56 Å². The molecule has 0 saturated heterocycles. The zero-order valence-electron chi connectivity index (χ0n) is 12.9. The number of nitrogens with one attached hydrogen (secondary N) is 1. The maximum absolute atomic E-state index is 13.6. The summed E-state index contributed by atoms with van der Waals surface area (Å²) in [5.74, 6) is -4.51. The largest absolute Gasteiger partial charge is 0.461 e. The summed E-state index contributed by atoms with van der Waals surface area (Å²) in [5, 5.41) is 11.4. The Kier molecular flexibility index (Phi) is 4.90. The number of aryl methyl sites for hydroxylation is 1. The minimum Gasteiger partial charge on any atom is -0.461 e. The van der Waals surface area contributed by atoms with Gasteiger partial charge in [-0.2, -0.15) is 5.26 Å². The average molecular weight is 328 g/mol. The van der Waals surface area contributed by atoms with E-state index in [0.717, 1.165) is 18.2 Å². The van der Waals surface area contributed by atoms with Crippen molar-refractivity contribution in [3.05, 3.63) is 53.2 Å². The molecule has 122 valence electrons. The van der Waals surface area contributed by atoms with E-state index in [1.807, 2.05) is 0 Å². The molecule has 2 rings (SSSR count). The van der Waals surface area contributed by atoms with Crippen LogP contribution in [0.4, 0.5) is 10.1 Å². The Bertz CT molecular complexity index is 864. The van der Waals surface area contributed by atoms with Crippen LogP contribution in [0.15, 0.2) is 34.9 Å². The zero-order valence-corrected chi connectivity index (χ0v) is 12.9. The number of furan rings is 1. The summed E-state index contributed by atoms with van der Waals surface area (Å²) in [6.07, 6.45) is 1.29. The average Bonchev–Trinajstić information content (AvgIpc) is 2.95. The van der Waals surface area contributed by atoms with Gasteiger partial charge in [-0.15, -0.1) is 0 Å². The van der Waals surface area contributed by atoms with Crippen molar-refractivity contribution in [2.75, 3.05) is 5.32 Å². The maximum Gasteiger partial charge on any atom is 0.223 e. The van der Waals surface area contributed by atoms with Crippen molar-refractivity contribution < 1.29 is 23.2 Å². The molecule has 2 aromatic rings. The van der Waals surface area contributed by atoms with E-state index in [1.54, 1.807) is 19.1 Å². The van der Waals surface area contributed by atoms with Crippen molar-refractivity contribution in [2.24, 2.45) is 5.92 Å². The second-order valence-electron chi connectivity index (χ2n) is 5.10. The van der Waals surface area contributed by atoms with E-state index in [9.17, 15) is 24.0 Å². The van der Waals surface area contributed by atoms with Gasteiger partial charge >= 0.3 is 0 Å². The zero-order chi connectivity index (χ0) is 17.9. The molecule has 0 aliphatic heterocycles. The molecular formula is C17H13FN2O4. The third-order valence-electron chi connectivity index (χ3n) is 3.30. The van der Waals surface area contributed by atoms with E-state index in [1.165, 1.54) is 13.2 Å². The van der Waals surface area contributed by atoms with Gasteiger partial charge in [-0.3, -0.25) is 14.4 Å². The van der Waals surface area contributed by atoms with Gasteiger partial charge in [0.2, 0.25) is 11.7 Å². The summed E-state index contributed by atoms with van der Waals surface area (Å²) in [6.45, 7) is 2.80. The van der Waals surface area contributed by atoms with Crippen molar-refractivity contribution in [2.45, 2.75) is 13.8 Å². The number of carbonyl (C=O) groups excluding carboxylic acids is 3. The van der Waals surface area contributed by atoms with Crippen LogP contribution in [-0.2, 0) is 4.79 Å². The fraction of sp³-hybridized carbons (Fsp3) is 0.176. The summed E-state index contributed by atoms with van der Waals surface area (Å²) in [6, 6.07) is 6.41. The fourth-order valence-corrected chi connectivity index (χ4v) is 2.12. The molecule has 1 N–H and O–H groups in total. The molecule has 24 heavy (non-hydrogen) atoms. The number of nitriles is 1. The molecule has 0 fully saturated rings. The van der Waals surface area contributed by atoms with E-state index >= 15 is 0 Å². The Balaban J connectivity index is 2.36. The second kappa shape index (κ2) is 6.87. The predicted molar refractivity (Wildman–Crippen MR) is 81.9 cm³/mol. The molecule has 0 aliphatic rings. The molecule has 0 radical (unpaired) electrons. The van der Waals surface area contributed by atoms with Crippen LogP contribution in [0.5, 0.6) is 0 Å². The highest BCUT2D eigenvalue weighted by atomic mass is 19.1. The first-order valence-corrected chi connectivity index (χ1v) is 6.94. The Labute approximate surface area is 136 Å². The van der Waals surface area contributed by atoms with Crippen LogP contribution in [0.1, 0.15) is 33.4 Å². The van der Waals surface area contributed by atoms with Crippen molar-refractivity contribution in [1.29, 1.82) is 5.26 Å². The van der Waals surface area contributed by atoms with Gasteiger partial charge in [-0.1, -0.05) is 0 Å². The predicted octanol–water partition coefficient (Wildman–Crippen LogP) is 2.89. The summed E-state index contributed by atoms with van der Waals surface area (Å²) in [7, 11) is 0. The van der Waals surface area contributed by atoms with Crippen LogP contribution in [0.3, 0.4) is 0 Å². The van der Waals surface area contributed by atoms with Gasteiger partial charge in [0, 0.05) is 12.5 Å². The number of hydrogen-bond acceptors (Lipinski definition) is 5. The summed E-state index contributed by atoms with van der Waals surface area (Å²) < 4.78 is 18.7. The van der Waals surface area contributed by atoms with Crippen LogP contribution >= 0.6 is 0 Å². The monoisotopic (exact) mass is 328 g/mol. The minimum absolute atomic E-state index is 0.0655. The lowest BCUT2D eigenvalue weighted by molar-refractivity contribution is -0.114. The van der Waals surface area contributed by atoms with E-state index in [4.69, 9.17) is 4.42 Å². The molecule has 0 bridgehead atoms. The van der Waals surface area contributed by atoms with Gasteiger partial charge < -0.3 is 9.73 Å². The number of carbonyl (C=O) groups is 3. The van der Waals surface area contributed by atoms with E-state index < -0.39 is 29.2 Å². The molecular weight excluding hydrogens is 315 g/mol. The van der Waals surface area contributed by atoms with Crippen LogP contribution in [-0.4, -0.2) is 17.5 Å². The molecule has 7 heteroatoms. The molecule has 1 atom stereocenters. The number of nitrogens with zero attached hydrogens (tertiary/aromatic N) is 1. The van der Waals surface area contributed by atoms with Gasteiger partial charge in [0.25, 0.3) is 0 Å². The number of halogens is 1. The first-order valence-electron chi connectivity index (χ1n) is 6.94. The molecule has 0 aliphatic carbocycles. The van der Waals surface area contributed by atoms with Gasteiger partial charge in [-0.25, -0.2) is 4.39 Å². The van der Waals surface area contributed by atoms with Crippen molar-refractivity contribution in [3.63, 3.8) is 0 Å². The second-order valence-corrected chi connectivity index (χ2v) is 5.10. The van der Waals surface area contributed by atoms with Crippen LogP contribution in [0, 0.1) is 30.0 Å². The first-order chi connectivity index (χ1) is 11.3. The Morgan fingerprint density at radius 2 is 1.96 bits per heavy atom. The number of anilines is 1. The van der Waals surface area contributed by atoms with Gasteiger partial charge in [0.1, 0.15) is 5.82 Å². The molecule has 0 saturated carbocycles.